The molecule has 72 valence electrons. The molecule has 0 aromatic carbocycles. The monoisotopic (exact) mass is 219 g/mol. The van der Waals surface area contributed by atoms with Crippen LogP contribution in [-0.2, 0) is 9.59 Å². The molecule has 1 fully saturated rings. The zero-order chi connectivity index (χ0) is 10.0. The second kappa shape index (κ2) is 4.06. The molecule has 0 aliphatic carbocycles. The summed E-state index contributed by atoms with van der Waals surface area (Å²) in [5.74, 6) is -1.21. The van der Waals surface area contributed by atoms with E-state index in [1.165, 1.54) is 11.8 Å². The fourth-order valence-corrected chi connectivity index (χ4v) is 2.46. The number of carbonyl (C=O) groups excluding carboxylic acids is 1. The fourth-order valence-electron chi connectivity index (χ4n) is 1.04. The van der Waals surface area contributed by atoms with E-state index >= 15 is 0 Å². The predicted octanol–water partition coefficient (Wildman–Crippen LogP) is 0.710. The Labute approximate surface area is 85.3 Å². The topological polar surface area (TPSA) is 57.6 Å². The molecule has 0 unspecified atom stereocenters. The molecule has 1 rings (SSSR count). The van der Waals surface area contributed by atoms with Gasteiger partial charge in [-0.25, -0.2) is 0 Å². The summed E-state index contributed by atoms with van der Waals surface area (Å²) in [4.78, 5) is 23.0. The lowest BCUT2D eigenvalue weighted by Gasteiger charge is -2.11. The minimum absolute atomic E-state index is 0.181. The summed E-state index contributed by atoms with van der Waals surface area (Å²) in [6.45, 7) is 1.56. The van der Waals surface area contributed by atoms with Crippen LogP contribution in [0.25, 0.3) is 0 Å². The van der Waals surface area contributed by atoms with Crippen LogP contribution in [0, 0.1) is 0 Å². The predicted molar refractivity (Wildman–Crippen MR) is 53.6 cm³/mol. The first kappa shape index (κ1) is 10.5. The van der Waals surface area contributed by atoms with E-state index in [-0.39, 0.29) is 17.7 Å². The van der Waals surface area contributed by atoms with Crippen LogP contribution in [0.3, 0.4) is 0 Å². The first-order valence-electron chi connectivity index (χ1n) is 3.80. The van der Waals surface area contributed by atoms with Gasteiger partial charge in [-0.2, -0.15) is 0 Å². The number of carbonyl (C=O) groups is 2. The molecule has 1 saturated heterocycles. The molecule has 0 spiro atoms. The molecular formula is C7H9NO3S2. The number of hydrogen-bond donors (Lipinski definition) is 1. The highest BCUT2D eigenvalue weighted by Gasteiger charge is 2.36. The van der Waals surface area contributed by atoms with Crippen molar-refractivity contribution in [1.29, 1.82) is 0 Å². The molecule has 0 radical (unpaired) electrons. The number of carboxylic acids is 1. The summed E-state index contributed by atoms with van der Waals surface area (Å²) in [5.41, 5.74) is 0. The van der Waals surface area contributed by atoms with Crippen molar-refractivity contribution in [1.82, 2.24) is 4.90 Å². The summed E-state index contributed by atoms with van der Waals surface area (Å²) < 4.78 is 0.374. The van der Waals surface area contributed by atoms with E-state index in [0.29, 0.717) is 10.7 Å². The van der Waals surface area contributed by atoms with Crippen molar-refractivity contribution in [2.24, 2.45) is 0 Å². The van der Waals surface area contributed by atoms with Gasteiger partial charge in [-0.3, -0.25) is 14.5 Å². The van der Waals surface area contributed by atoms with Crippen LogP contribution in [0.4, 0.5) is 0 Å². The van der Waals surface area contributed by atoms with Gasteiger partial charge in [-0.05, 0) is 6.42 Å². The van der Waals surface area contributed by atoms with Gasteiger partial charge in [-0.1, -0.05) is 30.9 Å². The maximum atomic E-state index is 11.4. The van der Waals surface area contributed by atoms with Crippen LogP contribution in [0.5, 0.6) is 0 Å². The van der Waals surface area contributed by atoms with Crippen LogP contribution >= 0.6 is 24.0 Å². The first-order valence-corrected chi connectivity index (χ1v) is 5.08. The van der Waals surface area contributed by atoms with E-state index in [1.807, 2.05) is 6.92 Å². The van der Waals surface area contributed by atoms with Gasteiger partial charge < -0.3 is 5.11 Å². The fraction of sp³-hybridized carbons (Fsp3) is 0.571. The van der Waals surface area contributed by atoms with Gasteiger partial charge in [0, 0.05) is 0 Å². The Morgan fingerprint density at radius 1 is 1.77 bits per heavy atom. The third-order valence-corrected chi connectivity index (χ3v) is 3.42. The van der Waals surface area contributed by atoms with Crippen molar-refractivity contribution < 1.29 is 14.7 Å². The summed E-state index contributed by atoms with van der Waals surface area (Å²) >= 11 is 6.15. The smallest absolute Gasteiger partial charge is 0.323 e. The van der Waals surface area contributed by atoms with Crippen molar-refractivity contribution in [3.05, 3.63) is 0 Å². The van der Waals surface area contributed by atoms with Crippen LogP contribution in [-0.4, -0.2) is 38.0 Å². The van der Waals surface area contributed by atoms with Crippen molar-refractivity contribution in [2.45, 2.75) is 18.6 Å². The molecule has 0 aromatic rings. The summed E-state index contributed by atoms with van der Waals surface area (Å²) in [6.07, 6.45) is 0.680. The molecule has 6 heteroatoms. The highest BCUT2D eigenvalue weighted by atomic mass is 32.2. The summed E-state index contributed by atoms with van der Waals surface area (Å²) in [6, 6.07) is 0. The molecule has 0 saturated carbocycles. The number of nitrogens with zero attached hydrogens (tertiary/aromatic N) is 1. The molecule has 13 heavy (non-hydrogen) atoms. The number of amides is 1. The lowest BCUT2D eigenvalue weighted by molar-refractivity contribution is -0.141. The maximum Gasteiger partial charge on any atom is 0.323 e. The number of thiocarbonyl (C=S) groups is 1. The summed E-state index contributed by atoms with van der Waals surface area (Å²) in [7, 11) is 0. The molecule has 1 aliphatic heterocycles. The third kappa shape index (κ3) is 2.19. The highest BCUT2D eigenvalue weighted by Crippen LogP contribution is 2.28. The van der Waals surface area contributed by atoms with Crippen molar-refractivity contribution in [2.75, 3.05) is 6.54 Å². The zero-order valence-corrected chi connectivity index (χ0v) is 8.65. The zero-order valence-electron chi connectivity index (χ0n) is 7.02. The summed E-state index contributed by atoms with van der Waals surface area (Å²) in [5, 5.41) is 8.32. The van der Waals surface area contributed by atoms with Crippen molar-refractivity contribution >= 4 is 40.2 Å². The molecule has 0 bridgehead atoms. The Bertz CT molecular complexity index is 266. The molecule has 1 heterocycles. The quantitative estimate of drug-likeness (QED) is 0.708. The van der Waals surface area contributed by atoms with Gasteiger partial charge >= 0.3 is 5.97 Å². The molecular weight excluding hydrogens is 210 g/mol. The molecule has 1 aliphatic rings. The van der Waals surface area contributed by atoms with Crippen LogP contribution in [0.2, 0.25) is 0 Å². The van der Waals surface area contributed by atoms with E-state index in [9.17, 15) is 9.59 Å². The number of hydrogen-bond acceptors (Lipinski definition) is 4. The van der Waals surface area contributed by atoms with E-state index in [1.54, 1.807) is 0 Å². The number of aliphatic carboxylic acids is 1. The number of rotatable bonds is 3. The Balaban J connectivity index is 2.70. The molecule has 1 N–H and O–H groups in total. The van der Waals surface area contributed by atoms with Crippen LogP contribution < -0.4 is 0 Å². The van der Waals surface area contributed by atoms with E-state index in [4.69, 9.17) is 17.3 Å². The Kier molecular flexibility index (Phi) is 3.27. The molecule has 1 amide bonds. The van der Waals surface area contributed by atoms with Gasteiger partial charge in [0.2, 0.25) is 5.91 Å². The van der Waals surface area contributed by atoms with Gasteiger partial charge in [0.05, 0.1) is 5.25 Å². The van der Waals surface area contributed by atoms with Crippen LogP contribution in [0.1, 0.15) is 13.3 Å². The molecule has 0 aromatic heterocycles. The third-order valence-electron chi connectivity index (χ3n) is 1.67. The van der Waals surface area contributed by atoms with E-state index in [2.05, 4.69) is 0 Å². The van der Waals surface area contributed by atoms with Crippen molar-refractivity contribution in [3.8, 4) is 0 Å². The SMILES string of the molecule is CC[C@@H]1SC(=S)N(CC(=O)O)C1=O. The molecule has 1 atom stereocenters. The van der Waals surface area contributed by atoms with Crippen LogP contribution in [0.15, 0.2) is 0 Å². The Morgan fingerprint density at radius 3 is 2.77 bits per heavy atom. The average molecular weight is 219 g/mol. The standard InChI is InChI=1S/C7H9NO3S2/c1-2-4-6(11)8(3-5(9)10)7(12)13-4/h4H,2-3H2,1H3,(H,9,10)/t4-/m0/s1. The number of carboxylic acid groups (broad SMARTS) is 1. The second-order valence-electron chi connectivity index (χ2n) is 2.60. The van der Waals surface area contributed by atoms with Gasteiger partial charge in [0.25, 0.3) is 0 Å². The van der Waals surface area contributed by atoms with Gasteiger partial charge in [-0.15, -0.1) is 0 Å². The maximum absolute atomic E-state index is 11.4. The van der Waals surface area contributed by atoms with E-state index < -0.39 is 5.97 Å². The molecule has 4 nitrogen and oxygen atoms in total. The second-order valence-corrected chi connectivity index (χ2v) is 4.44. The van der Waals surface area contributed by atoms with E-state index in [0.717, 1.165) is 4.90 Å². The average Bonchev–Trinajstić information content (AvgIpc) is 2.31. The number of thioether (sulfide) groups is 1. The normalized spacial score (nSPS) is 22.5. The first-order chi connectivity index (χ1) is 6.06. The van der Waals surface area contributed by atoms with Crippen molar-refractivity contribution in [3.63, 3.8) is 0 Å². The minimum Gasteiger partial charge on any atom is -0.480 e. The largest absolute Gasteiger partial charge is 0.480 e. The lowest BCUT2D eigenvalue weighted by atomic mass is 10.3. The lowest BCUT2D eigenvalue weighted by Crippen LogP contribution is -2.35. The van der Waals surface area contributed by atoms with Gasteiger partial charge in [0.1, 0.15) is 10.9 Å². The Morgan fingerprint density at radius 2 is 2.38 bits per heavy atom. The minimum atomic E-state index is -1.03. The Hall–Kier alpha value is -0.620. The highest BCUT2D eigenvalue weighted by molar-refractivity contribution is 8.24. The van der Waals surface area contributed by atoms with Gasteiger partial charge in [0.15, 0.2) is 0 Å².